The fourth-order valence-electron chi connectivity index (χ4n) is 3.76. The van der Waals surface area contributed by atoms with Crippen molar-refractivity contribution in [1.82, 2.24) is 14.9 Å². The van der Waals surface area contributed by atoms with Gasteiger partial charge in [0, 0.05) is 49.0 Å². The molecule has 0 saturated carbocycles. The van der Waals surface area contributed by atoms with Crippen molar-refractivity contribution in [2.75, 3.05) is 6.73 Å². The minimum atomic E-state index is -0.105. The molecular weight excluding hydrogens is 366 g/mol. The Kier molecular flexibility index (Phi) is 4.33. The molecule has 6 heteroatoms. The van der Waals surface area contributed by atoms with Gasteiger partial charge in [0.25, 0.3) is 0 Å². The SMILES string of the molecule is Cc1c2c(cc3c1O/C(=C\c1ccncc1)C3=O)CN(Cc1cccnc1)CO2. The first-order valence-electron chi connectivity index (χ1n) is 9.44. The number of allylic oxidation sites excluding steroid dienone is 1. The zero-order valence-electron chi connectivity index (χ0n) is 16.0. The number of carbonyl (C=O) groups excluding carboxylic acids is 1. The molecular formula is C23H19N3O3. The maximum Gasteiger partial charge on any atom is 0.231 e. The highest BCUT2D eigenvalue weighted by molar-refractivity contribution is 6.15. The number of Topliss-reactive ketones (excluding diaryl/α,β-unsaturated/α-hetero) is 1. The Hall–Kier alpha value is -3.51. The molecule has 0 radical (unpaired) electrons. The fraction of sp³-hybridized carbons (Fsp3) is 0.174. The van der Waals surface area contributed by atoms with Gasteiger partial charge >= 0.3 is 0 Å². The molecule has 3 aromatic rings. The van der Waals surface area contributed by atoms with E-state index >= 15 is 0 Å². The lowest BCUT2D eigenvalue weighted by Crippen LogP contribution is -2.32. The van der Waals surface area contributed by atoms with Crippen LogP contribution < -0.4 is 9.47 Å². The third kappa shape index (κ3) is 3.28. The Balaban J connectivity index is 1.44. The van der Waals surface area contributed by atoms with Crippen LogP contribution in [0.4, 0.5) is 0 Å². The monoisotopic (exact) mass is 385 g/mol. The van der Waals surface area contributed by atoms with Crippen LogP contribution in [-0.2, 0) is 13.1 Å². The molecule has 0 atom stereocenters. The van der Waals surface area contributed by atoms with Gasteiger partial charge in [-0.05, 0) is 48.4 Å². The predicted octanol–water partition coefficient (Wildman–Crippen LogP) is 3.75. The second-order valence-corrected chi connectivity index (χ2v) is 7.21. The first-order chi connectivity index (χ1) is 14.2. The standard InChI is InChI=1S/C23H19N3O3/c1-15-22-18(13-26(14-28-22)12-17-3-2-6-25-11-17)10-19-21(27)20(29-23(15)19)9-16-4-7-24-8-5-16/h2-11H,12-14H2,1H3/b20-9-. The third-order valence-corrected chi connectivity index (χ3v) is 5.13. The van der Waals surface area contributed by atoms with Gasteiger partial charge in [-0.1, -0.05) is 6.07 Å². The average Bonchev–Trinajstić information content (AvgIpc) is 3.05. The largest absolute Gasteiger partial charge is 0.477 e. The van der Waals surface area contributed by atoms with E-state index < -0.39 is 0 Å². The Morgan fingerprint density at radius 1 is 1.14 bits per heavy atom. The molecule has 0 bridgehead atoms. The number of pyridine rings is 2. The second kappa shape index (κ2) is 7.14. The molecule has 0 saturated heterocycles. The summed E-state index contributed by atoms with van der Waals surface area (Å²) in [6.45, 7) is 3.86. The molecule has 0 aliphatic carbocycles. The van der Waals surface area contributed by atoms with E-state index in [1.165, 1.54) is 0 Å². The van der Waals surface area contributed by atoms with Crippen molar-refractivity contribution >= 4 is 11.9 Å². The number of carbonyl (C=O) groups is 1. The van der Waals surface area contributed by atoms with Gasteiger partial charge in [-0.15, -0.1) is 0 Å². The maximum absolute atomic E-state index is 12.9. The molecule has 2 aromatic heterocycles. The number of ether oxygens (including phenoxy) is 2. The van der Waals surface area contributed by atoms with Crippen molar-refractivity contribution in [3.8, 4) is 11.5 Å². The van der Waals surface area contributed by atoms with Gasteiger partial charge in [0.05, 0.1) is 5.56 Å². The number of aromatic nitrogens is 2. The normalized spacial score (nSPS) is 16.9. The van der Waals surface area contributed by atoms with E-state index in [9.17, 15) is 4.79 Å². The number of benzene rings is 1. The molecule has 0 spiro atoms. The summed E-state index contributed by atoms with van der Waals surface area (Å²) in [4.78, 5) is 23.3. The zero-order valence-corrected chi connectivity index (χ0v) is 16.0. The minimum absolute atomic E-state index is 0.105. The van der Waals surface area contributed by atoms with Gasteiger partial charge in [-0.3, -0.25) is 19.7 Å². The summed E-state index contributed by atoms with van der Waals surface area (Å²) in [5, 5.41) is 0. The highest BCUT2D eigenvalue weighted by Crippen LogP contribution is 2.43. The lowest BCUT2D eigenvalue weighted by atomic mass is 10.00. The number of fused-ring (bicyclic) bond motifs is 2. The predicted molar refractivity (Wildman–Crippen MR) is 107 cm³/mol. The summed E-state index contributed by atoms with van der Waals surface area (Å²) in [7, 11) is 0. The van der Waals surface area contributed by atoms with E-state index in [1.54, 1.807) is 24.7 Å². The van der Waals surface area contributed by atoms with Gasteiger partial charge in [0.1, 0.15) is 18.2 Å². The lowest BCUT2D eigenvalue weighted by Gasteiger charge is -2.30. The zero-order chi connectivity index (χ0) is 19.8. The quantitative estimate of drug-likeness (QED) is 0.640. The molecule has 0 unspecified atom stereocenters. The smallest absolute Gasteiger partial charge is 0.231 e. The van der Waals surface area contributed by atoms with Gasteiger partial charge in [-0.25, -0.2) is 0 Å². The lowest BCUT2D eigenvalue weighted by molar-refractivity contribution is 0.0876. The van der Waals surface area contributed by atoms with Crippen LogP contribution in [0.3, 0.4) is 0 Å². The van der Waals surface area contributed by atoms with E-state index in [0.29, 0.717) is 30.3 Å². The van der Waals surface area contributed by atoms with Crippen LogP contribution in [0.5, 0.6) is 11.5 Å². The average molecular weight is 385 g/mol. The summed E-state index contributed by atoms with van der Waals surface area (Å²) in [5.74, 6) is 1.62. The number of rotatable bonds is 3. The van der Waals surface area contributed by atoms with Crippen LogP contribution in [0.1, 0.15) is 32.6 Å². The topological polar surface area (TPSA) is 64.5 Å². The fourth-order valence-corrected chi connectivity index (χ4v) is 3.76. The first-order valence-corrected chi connectivity index (χ1v) is 9.44. The third-order valence-electron chi connectivity index (χ3n) is 5.13. The van der Waals surface area contributed by atoms with Crippen LogP contribution in [0.2, 0.25) is 0 Å². The van der Waals surface area contributed by atoms with Gasteiger partial charge in [-0.2, -0.15) is 0 Å². The number of nitrogens with zero attached hydrogens (tertiary/aromatic N) is 3. The molecule has 144 valence electrons. The van der Waals surface area contributed by atoms with E-state index in [0.717, 1.165) is 34.5 Å². The van der Waals surface area contributed by atoms with E-state index in [1.807, 2.05) is 43.5 Å². The molecule has 2 aliphatic rings. The minimum Gasteiger partial charge on any atom is -0.477 e. The Morgan fingerprint density at radius 2 is 2.00 bits per heavy atom. The molecule has 0 fully saturated rings. The molecule has 29 heavy (non-hydrogen) atoms. The Morgan fingerprint density at radius 3 is 2.79 bits per heavy atom. The Labute approximate surface area is 168 Å². The van der Waals surface area contributed by atoms with E-state index in [-0.39, 0.29) is 5.78 Å². The van der Waals surface area contributed by atoms with E-state index in [2.05, 4.69) is 14.9 Å². The van der Waals surface area contributed by atoms with Crippen LogP contribution in [0.15, 0.2) is 60.9 Å². The van der Waals surface area contributed by atoms with Crippen molar-refractivity contribution in [3.63, 3.8) is 0 Å². The molecule has 6 nitrogen and oxygen atoms in total. The van der Waals surface area contributed by atoms with Crippen LogP contribution in [0.25, 0.3) is 6.08 Å². The summed E-state index contributed by atoms with van der Waals surface area (Å²) >= 11 is 0. The van der Waals surface area contributed by atoms with Crippen molar-refractivity contribution < 1.29 is 14.3 Å². The summed E-state index contributed by atoms with van der Waals surface area (Å²) < 4.78 is 12.0. The van der Waals surface area contributed by atoms with Crippen molar-refractivity contribution in [1.29, 1.82) is 0 Å². The number of ketones is 1. The first kappa shape index (κ1) is 17.6. The number of hydrogen-bond acceptors (Lipinski definition) is 6. The highest BCUT2D eigenvalue weighted by atomic mass is 16.5. The molecule has 4 heterocycles. The van der Waals surface area contributed by atoms with Crippen LogP contribution in [-0.4, -0.2) is 27.4 Å². The molecule has 0 N–H and O–H groups in total. The van der Waals surface area contributed by atoms with Gasteiger partial charge < -0.3 is 9.47 Å². The number of hydrogen-bond donors (Lipinski definition) is 0. The van der Waals surface area contributed by atoms with Gasteiger partial charge in [0.2, 0.25) is 5.78 Å². The van der Waals surface area contributed by atoms with E-state index in [4.69, 9.17) is 9.47 Å². The second-order valence-electron chi connectivity index (χ2n) is 7.21. The summed E-state index contributed by atoms with van der Waals surface area (Å²) in [5.41, 5.74) is 4.45. The van der Waals surface area contributed by atoms with Crippen molar-refractivity contribution in [3.05, 3.63) is 88.7 Å². The molecule has 2 aliphatic heterocycles. The van der Waals surface area contributed by atoms with Crippen LogP contribution >= 0.6 is 0 Å². The maximum atomic E-state index is 12.9. The van der Waals surface area contributed by atoms with Crippen molar-refractivity contribution in [2.24, 2.45) is 0 Å². The highest BCUT2D eigenvalue weighted by Gasteiger charge is 2.33. The summed E-state index contributed by atoms with van der Waals surface area (Å²) in [6, 6.07) is 9.55. The van der Waals surface area contributed by atoms with Crippen molar-refractivity contribution in [2.45, 2.75) is 20.0 Å². The Bertz CT molecular complexity index is 1110. The van der Waals surface area contributed by atoms with Crippen LogP contribution in [0, 0.1) is 6.92 Å². The van der Waals surface area contributed by atoms with Gasteiger partial charge in [0.15, 0.2) is 5.76 Å². The summed E-state index contributed by atoms with van der Waals surface area (Å²) in [6.07, 6.45) is 8.75. The molecule has 1 aromatic carbocycles. The molecule has 0 amide bonds. The molecule has 5 rings (SSSR count).